The fraction of sp³-hybridized carbons (Fsp3) is 0.385. The van der Waals surface area contributed by atoms with Gasteiger partial charge in [-0.2, -0.15) is 0 Å². The zero-order valence-corrected chi connectivity index (χ0v) is 9.90. The van der Waals surface area contributed by atoms with Crippen LogP contribution in [0.25, 0.3) is 11.5 Å². The Morgan fingerprint density at radius 2 is 1.81 bits per heavy atom. The Kier molecular flexibility index (Phi) is 3.04. The van der Waals surface area contributed by atoms with Crippen molar-refractivity contribution in [2.24, 2.45) is 0 Å². The molecule has 3 heteroatoms. The maximum Gasteiger partial charge on any atom is 0.247 e. The van der Waals surface area contributed by atoms with Crippen LogP contribution in [0.5, 0.6) is 0 Å². The lowest BCUT2D eigenvalue weighted by molar-refractivity contribution is 0.513. The molecule has 0 bridgehead atoms. The molecule has 0 aliphatic carbocycles. The van der Waals surface area contributed by atoms with Crippen LogP contribution in [0.3, 0.4) is 0 Å². The Morgan fingerprint density at radius 3 is 2.31 bits per heavy atom. The van der Waals surface area contributed by atoms with Gasteiger partial charge < -0.3 is 4.42 Å². The second kappa shape index (κ2) is 4.47. The second-order valence-electron chi connectivity index (χ2n) is 4.13. The van der Waals surface area contributed by atoms with E-state index in [0.717, 1.165) is 12.0 Å². The summed E-state index contributed by atoms with van der Waals surface area (Å²) in [4.78, 5) is 0. The second-order valence-corrected chi connectivity index (χ2v) is 4.13. The number of hydrogen-bond donors (Lipinski definition) is 0. The first kappa shape index (κ1) is 10.9. The maximum atomic E-state index is 5.50. The third-order valence-electron chi connectivity index (χ3n) is 2.59. The van der Waals surface area contributed by atoms with Gasteiger partial charge in [-0.3, -0.25) is 0 Å². The molecular formula is C13H16N2O. The molecule has 2 rings (SSSR count). The molecule has 0 aliphatic heterocycles. The van der Waals surface area contributed by atoms with Crippen molar-refractivity contribution in [3.8, 4) is 11.5 Å². The molecule has 0 saturated heterocycles. The van der Waals surface area contributed by atoms with Crippen molar-refractivity contribution < 1.29 is 4.42 Å². The van der Waals surface area contributed by atoms with Crippen molar-refractivity contribution >= 4 is 0 Å². The smallest absolute Gasteiger partial charge is 0.247 e. The number of nitrogens with zero attached hydrogens (tertiary/aromatic N) is 2. The van der Waals surface area contributed by atoms with Crippen LogP contribution in [0.4, 0.5) is 0 Å². The molecule has 16 heavy (non-hydrogen) atoms. The molecule has 1 aromatic carbocycles. The number of benzene rings is 1. The van der Waals surface area contributed by atoms with Gasteiger partial charge in [0.2, 0.25) is 11.8 Å². The summed E-state index contributed by atoms with van der Waals surface area (Å²) in [6.07, 6.45) is 0.775. The monoisotopic (exact) mass is 216 g/mol. The summed E-state index contributed by atoms with van der Waals surface area (Å²) in [5.41, 5.74) is 2.30. The minimum atomic E-state index is 0.544. The van der Waals surface area contributed by atoms with Crippen molar-refractivity contribution in [3.05, 3.63) is 35.7 Å². The molecular weight excluding hydrogens is 200 g/mol. The molecule has 0 spiro atoms. The minimum absolute atomic E-state index is 0.544. The van der Waals surface area contributed by atoms with Crippen LogP contribution < -0.4 is 0 Å². The Labute approximate surface area is 95.5 Å². The lowest BCUT2D eigenvalue weighted by Gasteiger charge is -2.04. The molecule has 0 aliphatic rings. The third kappa shape index (κ3) is 2.13. The molecule has 3 nitrogen and oxygen atoms in total. The van der Waals surface area contributed by atoms with E-state index >= 15 is 0 Å². The van der Waals surface area contributed by atoms with Gasteiger partial charge in [0, 0.05) is 12.0 Å². The molecule has 84 valence electrons. The van der Waals surface area contributed by atoms with Crippen LogP contribution >= 0.6 is 0 Å². The first-order valence-corrected chi connectivity index (χ1v) is 5.63. The third-order valence-corrected chi connectivity index (χ3v) is 2.59. The molecule has 2 aromatic rings. The maximum absolute atomic E-state index is 5.50. The zero-order chi connectivity index (χ0) is 11.5. The van der Waals surface area contributed by atoms with Gasteiger partial charge in [-0.1, -0.05) is 32.9 Å². The fourth-order valence-corrected chi connectivity index (χ4v) is 1.52. The van der Waals surface area contributed by atoms with Crippen molar-refractivity contribution in [1.29, 1.82) is 0 Å². The van der Waals surface area contributed by atoms with Gasteiger partial charge in [-0.05, 0) is 23.6 Å². The van der Waals surface area contributed by atoms with Crippen LogP contribution in [0, 0.1) is 0 Å². The standard InChI is InChI=1S/C13H16N2O/c1-4-12-14-15-13(16-12)11-7-5-10(6-8-11)9(2)3/h5-9H,4H2,1-3H3. The Morgan fingerprint density at radius 1 is 1.12 bits per heavy atom. The van der Waals surface area contributed by atoms with E-state index in [0.29, 0.717) is 17.7 Å². The van der Waals surface area contributed by atoms with E-state index in [1.807, 2.05) is 19.1 Å². The lowest BCUT2D eigenvalue weighted by Crippen LogP contribution is -1.86. The van der Waals surface area contributed by atoms with E-state index in [9.17, 15) is 0 Å². The van der Waals surface area contributed by atoms with Gasteiger partial charge in [0.15, 0.2) is 0 Å². The van der Waals surface area contributed by atoms with Crippen molar-refractivity contribution in [2.45, 2.75) is 33.1 Å². The molecule has 0 amide bonds. The number of aryl methyl sites for hydroxylation is 1. The van der Waals surface area contributed by atoms with Crippen molar-refractivity contribution in [1.82, 2.24) is 10.2 Å². The van der Waals surface area contributed by atoms with Gasteiger partial charge >= 0.3 is 0 Å². The summed E-state index contributed by atoms with van der Waals surface area (Å²) in [5.74, 6) is 1.83. The van der Waals surface area contributed by atoms with Gasteiger partial charge in [0.25, 0.3) is 0 Å². The quantitative estimate of drug-likeness (QED) is 0.789. The van der Waals surface area contributed by atoms with Crippen LogP contribution in [0.1, 0.15) is 38.1 Å². The van der Waals surface area contributed by atoms with E-state index in [4.69, 9.17) is 4.42 Å². The summed E-state index contributed by atoms with van der Waals surface area (Å²) in [6, 6.07) is 8.27. The summed E-state index contributed by atoms with van der Waals surface area (Å²) >= 11 is 0. The highest BCUT2D eigenvalue weighted by Crippen LogP contribution is 2.21. The highest BCUT2D eigenvalue weighted by Gasteiger charge is 2.07. The summed E-state index contributed by atoms with van der Waals surface area (Å²) in [7, 11) is 0. The Hall–Kier alpha value is -1.64. The average molecular weight is 216 g/mol. The molecule has 0 atom stereocenters. The molecule has 0 N–H and O–H groups in total. The summed E-state index contributed by atoms with van der Waals surface area (Å²) < 4.78 is 5.50. The van der Waals surface area contributed by atoms with Crippen molar-refractivity contribution in [2.75, 3.05) is 0 Å². The minimum Gasteiger partial charge on any atom is -0.421 e. The number of hydrogen-bond acceptors (Lipinski definition) is 3. The van der Waals surface area contributed by atoms with Crippen LogP contribution in [-0.2, 0) is 6.42 Å². The normalized spacial score (nSPS) is 11.0. The fourth-order valence-electron chi connectivity index (χ4n) is 1.52. The van der Waals surface area contributed by atoms with E-state index in [2.05, 4.69) is 36.2 Å². The number of rotatable bonds is 3. The van der Waals surface area contributed by atoms with Crippen LogP contribution in [0.2, 0.25) is 0 Å². The van der Waals surface area contributed by atoms with Gasteiger partial charge in [0.1, 0.15) is 0 Å². The molecule has 1 aromatic heterocycles. The van der Waals surface area contributed by atoms with E-state index in [1.165, 1.54) is 5.56 Å². The topological polar surface area (TPSA) is 38.9 Å². The zero-order valence-electron chi connectivity index (χ0n) is 9.90. The molecule has 0 radical (unpaired) electrons. The van der Waals surface area contributed by atoms with Gasteiger partial charge in [0.05, 0.1) is 0 Å². The molecule has 0 saturated carbocycles. The highest BCUT2D eigenvalue weighted by atomic mass is 16.4. The first-order valence-electron chi connectivity index (χ1n) is 5.63. The summed E-state index contributed by atoms with van der Waals surface area (Å²) in [6.45, 7) is 6.35. The Balaban J connectivity index is 2.27. The first-order chi connectivity index (χ1) is 7.70. The lowest BCUT2D eigenvalue weighted by atomic mass is 10.0. The van der Waals surface area contributed by atoms with E-state index < -0.39 is 0 Å². The Bertz CT molecular complexity index is 457. The largest absolute Gasteiger partial charge is 0.421 e. The van der Waals surface area contributed by atoms with Crippen LogP contribution in [0.15, 0.2) is 28.7 Å². The van der Waals surface area contributed by atoms with Crippen LogP contribution in [-0.4, -0.2) is 10.2 Å². The van der Waals surface area contributed by atoms with E-state index in [-0.39, 0.29) is 0 Å². The van der Waals surface area contributed by atoms with Gasteiger partial charge in [-0.25, -0.2) is 0 Å². The van der Waals surface area contributed by atoms with Gasteiger partial charge in [-0.15, -0.1) is 10.2 Å². The molecule has 0 unspecified atom stereocenters. The molecule has 0 fully saturated rings. The predicted octanol–water partition coefficient (Wildman–Crippen LogP) is 3.42. The van der Waals surface area contributed by atoms with Crippen molar-refractivity contribution in [3.63, 3.8) is 0 Å². The highest BCUT2D eigenvalue weighted by molar-refractivity contribution is 5.53. The summed E-state index contributed by atoms with van der Waals surface area (Å²) in [5, 5.41) is 7.97. The average Bonchev–Trinajstić information content (AvgIpc) is 2.77. The number of aromatic nitrogens is 2. The SMILES string of the molecule is CCc1nnc(-c2ccc(C(C)C)cc2)o1. The molecule has 1 heterocycles. The predicted molar refractivity (Wildman–Crippen MR) is 63.2 cm³/mol. The van der Waals surface area contributed by atoms with E-state index in [1.54, 1.807) is 0 Å².